The zero-order chi connectivity index (χ0) is 14.8. The summed E-state index contributed by atoms with van der Waals surface area (Å²) in [6.07, 6.45) is 0.0170. The van der Waals surface area contributed by atoms with Gasteiger partial charge in [0.1, 0.15) is 5.60 Å². The molecule has 0 bridgehead atoms. The molecule has 4 heteroatoms. The molecule has 0 radical (unpaired) electrons. The molecule has 108 valence electrons. The van der Waals surface area contributed by atoms with E-state index >= 15 is 0 Å². The van der Waals surface area contributed by atoms with Gasteiger partial charge in [-0.05, 0) is 41.5 Å². The summed E-state index contributed by atoms with van der Waals surface area (Å²) in [6.45, 7) is 11.8. The number of hydrogen-bond acceptors (Lipinski definition) is 3. The molecule has 0 amide bonds. The van der Waals surface area contributed by atoms with Crippen molar-refractivity contribution < 1.29 is 18.8 Å². The number of carbonyl (C=O) groups is 1. The van der Waals surface area contributed by atoms with Crippen molar-refractivity contribution in [3.05, 3.63) is 0 Å². The predicted octanol–water partition coefficient (Wildman–Crippen LogP) is 3.20. The average Bonchev–Trinajstić information content (AvgIpc) is 1.94. The summed E-state index contributed by atoms with van der Waals surface area (Å²) in [6, 6.07) is 0. The first-order valence-electron chi connectivity index (χ1n) is 6.48. The molecule has 0 aromatic heterocycles. The van der Waals surface area contributed by atoms with Crippen molar-refractivity contribution in [3.8, 4) is 0 Å². The largest absolute Gasteiger partial charge is 0.509 e. The van der Waals surface area contributed by atoms with E-state index in [0.29, 0.717) is 0 Å². The highest BCUT2D eigenvalue weighted by molar-refractivity contribution is 5.60. The summed E-state index contributed by atoms with van der Waals surface area (Å²) in [5, 5.41) is 0. The quantitative estimate of drug-likeness (QED) is 0.562. The van der Waals surface area contributed by atoms with Gasteiger partial charge in [-0.3, -0.25) is 0 Å². The van der Waals surface area contributed by atoms with Crippen LogP contribution in [0.2, 0.25) is 0 Å². The van der Waals surface area contributed by atoms with Crippen LogP contribution in [0.15, 0.2) is 0 Å². The summed E-state index contributed by atoms with van der Waals surface area (Å²) in [7, 11) is 6.42. The molecule has 0 heterocycles. The van der Waals surface area contributed by atoms with Gasteiger partial charge in [0.2, 0.25) is 0 Å². The van der Waals surface area contributed by atoms with Gasteiger partial charge < -0.3 is 14.0 Å². The van der Waals surface area contributed by atoms with Crippen molar-refractivity contribution in [2.45, 2.75) is 65.2 Å². The smallest absolute Gasteiger partial charge is 0.432 e. The number of ether oxygens (including phenoxy) is 2. The highest BCUT2D eigenvalue weighted by Gasteiger charge is 2.40. The molecular formula is C14H30NO3+. The first-order valence-corrected chi connectivity index (χ1v) is 6.48. The molecule has 0 rings (SSSR count). The lowest BCUT2D eigenvalue weighted by molar-refractivity contribution is -0.920. The molecule has 0 aliphatic carbocycles. The summed E-state index contributed by atoms with van der Waals surface area (Å²) in [5.41, 5.74) is -0.539. The Bertz CT molecular complexity index is 288. The Morgan fingerprint density at radius 2 is 1.56 bits per heavy atom. The topological polar surface area (TPSA) is 35.5 Å². The lowest BCUT2D eigenvalue weighted by Gasteiger charge is -2.44. The van der Waals surface area contributed by atoms with Gasteiger partial charge in [0.25, 0.3) is 0 Å². The maximum atomic E-state index is 11.6. The van der Waals surface area contributed by atoms with Gasteiger partial charge in [0.05, 0.1) is 32.8 Å². The Hall–Kier alpha value is -0.770. The number of rotatable bonds is 5. The van der Waals surface area contributed by atoms with Crippen LogP contribution in [-0.2, 0) is 9.47 Å². The average molecular weight is 260 g/mol. The Labute approximate surface area is 112 Å². The monoisotopic (exact) mass is 260 g/mol. The van der Waals surface area contributed by atoms with Gasteiger partial charge in [0, 0.05) is 6.42 Å². The first kappa shape index (κ1) is 17.2. The third-order valence-corrected chi connectivity index (χ3v) is 3.37. The SMILES string of the molecule is CC(C)OC(=O)OC(C)(C)CC(C)(C)[N+](C)(C)C. The van der Waals surface area contributed by atoms with Gasteiger partial charge in [0.15, 0.2) is 0 Å². The lowest BCUT2D eigenvalue weighted by atomic mass is 9.87. The molecule has 0 aromatic carbocycles. The van der Waals surface area contributed by atoms with E-state index in [1.54, 1.807) is 0 Å². The van der Waals surface area contributed by atoms with Crippen LogP contribution in [0.1, 0.15) is 48.0 Å². The third kappa shape index (κ3) is 5.71. The van der Waals surface area contributed by atoms with E-state index < -0.39 is 11.8 Å². The van der Waals surface area contributed by atoms with E-state index in [0.717, 1.165) is 10.9 Å². The van der Waals surface area contributed by atoms with Gasteiger partial charge in [-0.25, -0.2) is 4.79 Å². The summed E-state index contributed by atoms with van der Waals surface area (Å²) in [4.78, 5) is 11.6. The molecular weight excluding hydrogens is 230 g/mol. The Morgan fingerprint density at radius 3 is 1.89 bits per heavy atom. The lowest BCUT2D eigenvalue weighted by Crippen LogP contribution is -2.56. The van der Waals surface area contributed by atoms with Crippen LogP contribution in [0.5, 0.6) is 0 Å². The van der Waals surface area contributed by atoms with Crippen LogP contribution >= 0.6 is 0 Å². The van der Waals surface area contributed by atoms with Crippen molar-refractivity contribution in [1.82, 2.24) is 0 Å². The zero-order valence-electron chi connectivity index (χ0n) is 13.5. The van der Waals surface area contributed by atoms with Crippen LogP contribution < -0.4 is 0 Å². The normalized spacial score (nSPS) is 13.7. The standard InChI is InChI=1S/C14H30NO3/c1-11(2)17-12(16)18-14(5,6)10-13(3,4)15(7,8)9/h11H,10H2,1-9H3/q+1. The second-order valence-corrected chi connectivity index (χ2v) is 7.28. The fourth-order valence-electron chi connectivity index (χ4n) is 1.76. The van der Waals surface area contributed by atoms with Crippen LogP contribution in [-0.4, -0.2) is 49.0 Å². The van der Waals surface area contributed by atoms with E-state index in [1.807, 2.05) is 27.7 Å². The van der Waals surface area contributed by atoms with Crippen LogP contribution in [0, 0.1) is 0 Å². The van der Waals surface area contributed by atoms with E-state index in [2.05, 4.69) is 35.0 Å². The summed E-state index contributed by atoms with van der Waals surface area (Å²) >= 11 is 0. The zero-order valence-corrected chi connectivity index (χ0v) is 13.5. The minimum Gasteiger partial charge on any atom is -0.432 e. The maximum Gasteiger partial charge on any atom is 0.509 e. The van der Waals surface area contributed by atoms with Crippen molar-refractivity contribution in [2.24, 2.45) is 0 Å². The van der Waals surface area contributed by atoms with Crippen molar-refractivity contribution in [1.29, 1.82) is 0 Å². The second-order valence-electron chi connectivity index (χ2n) is 7.28. The number of hydrogen-bond donors (Lipinski definition) is 0. The van der Waals surface area contributed by atoms with Crippen LogP contribution in [0.3, 0.4) is 0 Å². The molecule has 0 unspecified atom stereocenters. The van der Waals surface area contributed by atoms with Crippen molar-refractivity contribution >= 4 is 6.16 Å². The van der Waals surface area contributed by atoms with Crippen LogP contribution in [0.25, 0.3) is 0 Å². The highest BCUT2D eigenvalue weighted by Crippen LogP contribution is 2.30. The van der Waals surface area contributed by atoms with E-state index in [4.69, 9.17) is 9.47 Å². The molecule has 0 aliphatic rings. The molecule has 0 N–H and O–H groups in total. The molecule has 0 saturated heterocycles. The van der Waals surface area contributed by atoms with Gasteiger partial charge >= 0.3 is 6.16 Å². The summed E-state index contributed by atoms with van der Waals surface area (Å²) < 4.78 is 11.2. The molecule has 0 saturated carbocycles. The number of quaternary nitrogens is 1. The van der Waals surface area contributed by atoms with Gasteiger partial charge in [-0.15, -0.1) is 0 Å². The Morgan fingerprint density at radius 1 is 1.11 bits per heavy atom. The van der Waals surface area contributed by atoms with E-state index in [-0.39, 0.29) is 11.6 Å². The Kier molecular flexibility index (Phi) is 5.24. The molecule has 0 spiro atoms. The molecule has 0 fully saturated rings. The second kappa shape index (κ2) is 5.47. The van der Waals surface area contributed by atoms with Crippen molar-refractivity contribution in [3.63, 3.8) is 0 Å². The maximum absolute atomic E-state index is 11.6. The number of nitrogens with zero attached hydrogens (tertiary/aromatic N) is 1. The third-order valence-electron chi connectivity index (χ3n) is 3.37. The number of carbonyl (C=O) groups excluding carboxylic acids is 1. The molecule has 0 atom stereocenters. The minimum atomic E-state index is -0.591. The molecule has 18 heavy (non-hydrogen) atoms. The minimum absolute atomic E-state index is 0.00160. The van der Waals surface area contributed by atoms with Gasteiger partial charge in [-0.2, -0.15) is 0 Å². The van der Waals surface area contributed by atoms with Gasteiger partial charge in [-0.1, -0.05) is 0 Å². The van der Waals surface area contributed by atoms with E-state index in [1.165, 1.54) is 0 Å². The fraction of sp³-hybridized carbons (Fsp3) is 0.929. The molecule has 4 nitrogen and oxygen atoms in total. The predicted molar refractivity (Wildman–Crippen MR) is 73.5 cm³/mol. The first-order chi connectivity index (χ1) is 7.77. The van der Waals surface area contributed by atoms with Crippen LogP contribution in [0.4, 0.5) is 4.79 Å². The van der Waals surface area contributed by atoms with Crippen molar-refractivity contribution in [2.75, 3.05) is 21.1 Å². The summed E-state index contributed by atoms with van der Waals surface area (Å²) in [5.74, 6) is 0. The Balaban J connectivity index is 4.62. The fourth-order valence-corrected chi connectivity index (χ4v) is 1.76. The highest BCUT2D eigenvalue weighted by atomic mass is 16.7. The molecule has 0 aliphatic heterocycles. The molecule has 0 aromatic rings. The van der Waals surface area contributed by atoms with E-state index in [9.17, 15) is 4.79 Å².